The monoisotopic (exact) mass is 251 g/mol. The first-order valence-corrected chi connectivity index (χ1v) is 5.36. The van der Waals surface area contributed by atoms with E-state index in [4.69, 9.17) is 5.11 Å². The number of aliphatic carboxylic acids is 1. The van der Waals surface area contributed by atoms with Gasteiger partial charge in [0.1, 0.15) is 6.04 Å². The van der Waals surface area contributed by atoms with Crippen LogP contribution in [-0.2, 0) is 9.59 Å². The summed E-state index contributed by atoms with van der Waals surface area (Å²) in [5.74, 6) is -3.39. The molecule has 2 fully saturated rings. The van der Waals surface area contributed by atoms with Crippen LogP contribution in [0, 0.1) is 5.41 Å². The molecule has 1 heterocycles. The van der Waals surface area contributed by atoms with E-state index in [-0.39, 0.29) is 18.4 Å². The number of likely N-dealkylation sites (tertiary alicyclic amines) is 1. The van der Waals surface area contributed by atoms with Gasteiger partial charge in [0.25, 0.3) is 0 Å². The van der Waals surface area contributed by atoms with Crippen LogP contribution in [0.2, 0.25) is 0 Å². The van der Waals surface area contributed by atoms with Crippen molar-refractivity contribution in [1.29, 1.82) is 0 Å². The molecule has 96 valence electrons. The third-order valence-electron chi connectivity index (χ3n) is 3.71. The number of alkyl halides is 3. The number of rotatable bonds is 1. The van der Waals surface area contributed by atoms with Gasteiger partial charge in [-0.25, -0.2) is 4.79 Å². The Morgan fingerprint density at radius 1 is 1.29 bits per heavy atom. The van der Waals surface area contributed by atoms with E-state index in [9.17, 15) is 22.8 Å². The minimum atomic E-state index is -5.00. The fraction of sp³-hybridized carbons (Fsp3) is 0.800. The van der Waals surface area contributed by atoms with Gasteiger partial charge in [0.05, 0.1) is 0 Å². The van der Waals surface area contributed by atoms with Gasteiger partial charge in [0, 0.05) is 6.54 Å². The average Bonchev–Trinajstić information content (AvgIpc) is 2.54. The lowest BCUT2D eigenvalue weighted by molar-refractivity contribution is -0.188. The van der Waals surface area contributed by atoms with Crippen molar-refractivity contribution < 1.29 is 27.9 Å². The lowest BCUT2D eigenvalue weighted by atomic mass is 9.67. The van der Waals surface area contributed by atoms with Gasteiger partial charge in [0.2, 0.25) is 0 Å². The number of amides is 1. The van der Waals surface area contributed by atoms with E-state index in [1.807, 2.05) is 0 Å². The maximum absolute atomic E-state index is 12.3. The highest BCUT2D eigenvalue weighted by molar-refractivity contribution is 5.87. The first-order valence-electron chi connectivity index (χ1n) is 5.36. The number of hydrogen-bond acceptors (Lipinski definition) is 2. The fourth-order valence-corrected chi connectivity index (χ4v) is 2.69. The van der Waals surface area contributed by atoms with E-state index in [1.165, 1.54) is 0 Å². The van der Waals surface area contributed by atoms with E-state index in [1.54, 1.807) is 0 Å². The Hall–Kier alpha value is -1.27. The second kappa shape index (κ2) is 3.61. The molecule has 1 unspecified atom stereocenters. The summed E-state index contributed by atoms with van der Waals surface area (Å²) in [5, 5.41) is 8.89. The normalized spacial score (nSPS) is 27.0. The summed E-state index contributed by atoms with van der Waals surface area (Å²) in [4.78, 5) is 22.5. The summed E-state index contributed by atoms with van der Waals surface area (Å²) in [7, 11) is 0. The van der Waals surface area contributed by atoms with Crippen molar-refractivity contribution in [2.75, 3.05) is 6.54 Å². The van der Waals surface area contributed by atoms with E-state index >= 15 is 0 Å². The standard InChI is InChI=1S/C10H12F3NO3/c11-10(12,13)8(17)14-5-9(2-1-3-9)4-6(14)7(15)16/h6H,1-5H2,(H,15,16). The van der Waals surface area contributed by atoms with Crippen molar-refractivity contribution >= 4 is 11.9 Å². The molecule has 4 nitrogen and oxygen atoms in total. The van der Waals surface area contributed by atoms with Crippen LogP contribution in [0.4, 0.5) is 13.2 Å². The zero-order chi connectivity index (χ0) is 12.8. The first kappa shape index (κ1) is 12.2. The molecule has 1 aliphatic carbocycles. The molecule has 17 heavy (non-hydrogen) atoms. The molecule has 0 aromatic carbocycles. The molecule has 1 aliphatic heterocycles. The van der Waals surface area contributed by atoms with Crippen LogP contribution in [0.15, 0.2) is 0 Å². The van der Waals surface area contributed by atoms with Crippen LogP contribution >= 0.6 is 0 Å². The van der Waals surface area contributed by atoms with Crippen LogP contribution in [0.5, 0.6) is 0 Å². The minimum absolute atomic E-state index is 0.0810. The van der Waals surface area contributed by atoms with E-state index in [2.05, 4.69) is 0 Å². The molecule has 1 atom stereocenters. The van der Waals surface area contributed by atoms with Gasteiger partial charge in [-0.2, -0.15) is 13.2 Å². The highest BCUT2D eigenvalue weighted by Crippen LogP contribution is 2.50. The quantitative estimate of drug-likeness (QED) is 0.766. The van der Waals surface area contributed by atoms with Gasteiger partial charge in [-0.05, 0) is 24.7 Å². The maximum atomic E-state index is 12.3. The molecule has 1 amide bonds. The van der Waals surface area contributed by atoms with Crippen LogP contribution in [0.25, 0.3) is 0 Å². The smallest absolute Gasteiger partial charge is 0.471 e. The van der Waals surface area contributed by atoms with Gasteiger partial charge >= 0.3 is 18.1 Å². The summed E-state index contributed by atoms with van der Waals surface area (Å²) in [6.07, 6.45) is -2.55. The van der Waals surface area contributed by atoms with Crippen molar-refractivity contribution in [3.63, 3.8) is 0 Å². The van der Waals surface area contributed by atoms with Gasteiger partial charge in [-0.15, -0.1) is 0 Å². The zero-order valence-corrected chi connectivity index (χ0v) is 8.96. The van der Waals surface area contributed by atoms with E-state index in [0.29, 0.717) is 17.7 Å². The number of hydrogen-bond donors (Lipinski definition) is 1. The Bertz CT molecular complexity index is 362. The number of nitrogens with zero attached hydrogens (tertiary/aromatic N) is 1. The second-order valence-corrected chi connectivity index (χ2v) is 4.84. The lowest BCUT2D eigenvalue weighted by Gasteiger charge is -2.37. The molecule has 1 N–H and O–H groups in total. The molecule has 0 aromatic heterocycles. The number of carbonyl (C=O) groups excluding carboxylic acids is 1. The van der Waals surface area contributed by atoms with Crippen LogP contribution in [0.3, 0.4) is 0 Å². The van der Waals surface area contributed by atoms with Crippen LogP contribution < -0.4 is 0 Å². The predicted octanol–water partition coefficient (Wildman–Crippen LogP) is 1.40. The SMILES string of the molecule is O=C(O)C1CC2(CCC2)CN1C(=O)C(F)(F)F. The summed E-state index contributed by atoms with van der Waals surface area (Å²) < 4.78 is 37.0. The van der Waals surface area contributed by atoms with Crippen molar-refractivity contribution in [3.05, 3.63) is 0 Å². The largest absolute Gasteiger partial charge is 0.480 e. The minimum Gasteiger partial charge on any atom is -0.480 e. The molecule has 1 saturated carbocycles. The highest BCUT2D eigenvalue weighted by Gasteiger charge is 2.56. The first-order chi connectivity index (χ1) is 7.75. The number of carboxylic acids is 1. The lowest BCUT2D eigenvalue weighted by Crippen LogP contribution is -2.47. The van der Waals surface area contributed by atoms with Crippen molar-refractivity contribution in [2.45, 2.75) is 37.9 Å². The second-order valence-electron chi connectivity index (χ2n) is 4.84. The molecule has 2 rings (SSSR count). The molecule has 2 aliphatic rings. The topological polar surface area (TPSA) is 57.6 Å². The molecule has 7 heteroatoms. The summed E-state index contributed by atoms with van der Waals surface area (Å²) in [5.41, 5.74) is -0.385. The molecule has 0 radical (unpaired) electrons. The Morgan fingerprint density at radius 3 is 2.24 bits per heavy atom. The summed E-state index contributed by atoms with van der Waals surface area (Å²) in [6, 6.07) is -1.33. The molecular formula is C10H12F3NO3. The zero-order valence-electron chi connectivity index (χ0n) is 8.96. The molecule has 0 aromatic rings. The van der Waals surface area contributed by atoms with Crippen LogP contribution in [-0.4, -0.2) is 40.6 Å². The Labute approximate surface area is 95.4 Å². The highest BCUT2D eigenvalue weighted by atomic mass is 19.4. The maximum Gasteiger partial charge on any atom is 0.471 e. The average molecular weight is 251 g/mol. The van der Waals surface area contributed by atoms with Crippen molar-refractivity contribution in [2.24, 2.45) is 5.41 Å². The number of carbonyl (C=O) groups is 2. The molecule has 0 bridgehead atoms. The van der Waals surface area contributed by atoms with Gasteiger partial charge in [0.15, 0.2) is 0 Å². The van der Waals surface area contributed by atoms with Crippen molar-refractivity contribution in [3.8, 4) is 0 Å². The fourth-order valence-electron chi connectivity index (χ4n) is 2.69. The van der Waals surface area contributed by atoms with Crippen LogP contribution in [0.1, 0.15) is 25.7 Å². The van der Waals surface area contributed by atoms with E-state index in [0.717, 1.165) is 6.42 Å². The predicted molar refractivity (Wildman–Crippen MR) is 50.1 cm³/mol. The molecule has 1 saturated heterocycles. The van der Waals surface area contributed by atoms with Gasteiger partial charge in [-0.3, -0.25) is 4.79 Å². The van der Waals surface area contributed by atoms with Gasteiger partial charge < -0.3 is 10.0 Å². The number of halogens is 3. The Kier molecular flexibility index (Phi) is 2.59. The van der Waals surface area contributed by atoms with Gasteiger partial charge in [-0.1, -0.05) is 6.42 Å². The molecular weight excluding hydrogens is 239 g/mol. The van der Waals surface area contributed by atoms with Crippen molar-refractivity contribution in [1.82, 2.24) is 4.90 Å². The Morgan fingerprint density at radius 2 is 1.88 bits per heavy atom. The Balaban J connectivity index is 2.20. The summed E-state index contributed by atoms with van der Waals surface area (Å²) in [6.45, 7) is -0.0810. The molecule has 1 spiro atoms. The van der Waals surface area contributed by atoms with E-state index < -0.39 is 24.1 Å². The number of carboxylic acid groups (broad SMARTS) is 1. The third kappa shape index (κ3) is 1.98. The summed E-state index contributed by atoms with van der Waals surface area (Å²) >= 11 is 0. The third-order valence-corrected chi connectivity index (χ3v) is 3.71.